The molecule has 1 aromatic carbocycles. The van der Waals surface area contributed by atoms with Gasteiger partial charge in [-0.25, -0.2) is 0 Å². The third-order valence-electron chi connectivity index (χ3n) is 3.34. The summed E-state index contributed by atoms with van der Waals surface area (Å²) in [6.07, 6.45) is 4.81. The van der Waals surface area contributed by atoms with Gasteiger partial charge in [0.1, 0.15) is 0 Å². The highest BCUT2D eigenvalue weighted by molar-refractivity contribution is 5.79. The van der Waals surface area contributed by atoms with Crippen molar-refractivity contribution in [1.82, 2.24) is 10.3 Å². The highest BCUT2D eigenvalue weighted by Gasteiger charge is 2.14. The van der Waals surface area contributed by atoms with Gasteiger partial charge >= 0.3 is 0 Å². The quantitative estimate of drug-likeness (QED) is 0.846. The Kier molecular flexibility index (Phi) is 3.12. The van der Waals surface area contributed by atoms with Crippen molar-refractivity contribution in [2.24, 2.45) is 0 Å². The summed E-state index contributed by atoms with van der Waals surface area (Å²) in [4.78, 5) is 3.24. The van der Waals surface area contributed by atoms with E-state index in [1.54, 1.807) is 0 Å². The summed E-state index contributed by atoms with van der Waals surface area (Å²) >= 11 is 0. The smallest absolute Gasteiger partial charge is 0.0700 e. The van der Waals surface area contributed by atoms with Crippen molar-refractivity contribution < 1.29 is 4.74 Å². The number of fused-ring (bicyclic) bond motifs is 1. The van der Waals surface area contributed by atoms with Gasteiger partial charge in [-0.15, -0.1) is 0 Å². The number of aromatic amines is 1. The lowest BCUT2D eigenvalue weighted by Crippen LogP contribution is -2.25. The van der Waals surface area contributed by atoms with Crippen molar-refractivity contribution in [3.05, 3.63) is 36.0 Å². The zero-order valence-electron chi connectivity index (χ0n) is 9.91. The summed E-state index contributed by atoms with van der Waals surface area (Å²) in [5.41, 5.74) is 2.53. The number of rotatable bonds is 4. The van der Waals surface area contributed by atoms with Gasteiger partial charge in [-0.3, -0.25) is 0 Å². The number of hydrogen-bond acceptors (Lipinski definition) is 2. The summed E-state index contributed by atoms with van der Waals surface area (Å²) in [5, 5.41) is 4.73. The van der Waals surface area contributed by atoms with E-state index in [0.29, 0.717) is 6.10 Å². The average Bonchev–Trinajstić information content (AvgIpc) is 2.98. The molecule has 0 amide bonds. The monoisotopic (exact) mass is 230 g/mol. The molecule has 1 aliphatic heterocycles. The third-order valence-corrected chi connectivity index (χ3v) is 3.34. The molecule has 0 aliphatic carbocycles. The number of aromatic nitrogens is 1. The third kappa shape index (κ3) is 2.51. The number of hydrogen-bond donors (Lipinski definition) is 2. The molecule has 0 radical (unpaired) electrons. The van der Waals surface area contributed by atoms with Gasteiger partial charge in [0.25, 0.3) is 0 Å². The van der Waals surface area contributed by atoms with Crippen LogP contribution in [-0.4, -0.2) is 24.2 Å². The first-order valence-corrected chi connectivity index (χ1v) is 6.30. The van der Waals surface area contributed by atoms with Gasteiger partial charge in [-0.2, -0.15) is 0 Å². The van der Waals surface area contributed by atoms with Gasteiger partial charge in [-0.05, 0) is 35.9 Å². The average molecular weight is 230 g/mol. The molecule has 2 aromatic rings. The maximum Gasteiger partial charge on any atom is 0.0700 e. The zero-order chi connectivity index (χ0) is 11.5. The van der Waals surface area contributed by atoms with Gasteiger partial charge in [0.15, 0.2) is 0 Å². The Morgan fingerprint density at radius 1 is 1.35 bits per heavy atom. The van der Waals surface area contributed by atoms with Crippen LogP contribution in [0.3, 0.4) is 0 Å². The van der Waals surface area contributed by atoms with Crippen molar-refractivity contribution in [1.29, 1.82) is 0 Å². The second-order valence-corrected chi connectivity index (χ2v) is 4.67. The minimum Gasteiger partial charge on any atom is -0.377 e. The van der Waals surface area contributed by atoms with Gasteiger partial charge in [0.2, 0.25) is 0 Å². The standard InChI is InChI=1S/C14H18N2O/c1-2-13(17-7-1)10-15-9-11-3-4-12-5-6-16-14(12)8-11/h3-6,8,13,15-16H,1-2,7,9-10H2. The molecule has 1 aliphatic rings. The van der Waals surface area contributed by atoms with E-state index in [4.69, 9.17) is 4.74 Å². The van der Waals surface area contributed by atoms with E-state index in [1.807, 2.05) is 6.20 Å². The Labute approximate surface area is 101 Å². The Balaban J connectivity index is 1.56. The molecule has 17 heavy (non-hydrogen) atoms. The van der Waals surface area contributed by atoms with Gasteiger partial charge < -0.3 is 15.0 Å². The Morgan fingerprint density at radius 3 is 3.24 bits per heavy atom. The minimum absolute atomic E-state index is 0.421. The van der Waals surface area contributed by atoms with Crippen LogP contribution in [0.15, 0.2) is 30.5 Å². The van der Waals surface area contributed by atoms with Crippen molar-refractivity contribution in [3.8, 4) is 0 Å². The van der Waals surface area contributed by atoms with Crippen LogP contribution in [0.4, 0.5) is 0 Å². The van der Waals surface area contributed by atoms with Crippen molar-refractivity contribution in [2.45, 2.75) is 25.5 Å². The highest BCUT2D eigenvalue weighted by atomic mass is 16.5. The Bertz CT molecular complexity index is 486. The van der Waals surface area contributed by atoms with Crippen LogP contribution in [-0.2, 0) is 11.3 Å². The van der Waals surface area contributed by atoms with Crippen molar-refractivity contribution in [2.75, 3.05) is 13.2 Å². The van der Waals surface area contributed by atoms with E-state index in [2.05, 4.69) is 34.6 Å². The van der Waals surface area contributed by atoms with Crippen LogP contribution in [0.5, 0.6) is 0 Å². The lowest BCUT2D eigenvalue weighted by Gasteiger charge is -2.10. The first-order chi connectivity index (χ1) is 8.42. The molecule has 3 heteroatoms. The van der Waals surface area contributed by atoms with E-state index >= 15 is 0 Å². The lowest BCUT2D eigenvalue weighted by atomic mass is 10.1. The molecular weight excluding hydrogens is 212 g/mol. The number of ether oxygens (including phenoxy) is 1. The van der Waals surface area contributed by atoms with Crippen LogP contribution in [0.1, 0.15) is 18.4 Å². The van der Waals surface area contributed by atoms with Gasteiger partial charge in [0, 0.05) is 31.4 Å². The van der Waals surface area contributed by atoms with E-state index < -0.39 is 0 Å². The molecule has 0 saturated carbocycles. The Hall–Kier alpha value is -1.32. The lowest BCUT2D eigenvalue weighted by molar-refractivity contribution is 0.110. The van der Waals surface area contributed by atoms with Gasteiger partial charge in [0.05, 0.1) is 6.10 Å². The van der Waals surface area contributed by atoms with E-state index in [-0.39, 0.29) is 0 Å². The first kappa shape index (κ1) is 10.8. The molecule has 3 nitrogen and oxygen atoms in total. The van der Waals surface area contributed by atoms with Crippen LogP contribution < -0.4 is 5.32 Å². The van der Waals surface area contributed by atoms with Crippen molar-refractivity contribution in [3.63, 3.8) is 0 Å². The summed E-state index contributed by atoms with van der Waals surface area (Å²) in [7, 11) is 0. The number of benzene rings is 1. The summed E-state index contributed by atoms with van der Waals surface area (Å²) in [5.74, 6) is 0. The number of H-pyrrole nitrogens is 1. The predicted molar refractivity (Wildman–Crippen MR) is 69.0 cm³/mol. The minimum atomic E-state index is 0.421. The van der Waals surface area contributed by atoms with Crippen LogP contribution in [0, 0.1) is 0 Å². The fraction of sp³-hybridized carbons (Fsp3) is 0.429. The van der Waals surface area contributed by atoms with Crippen LogP contribution in [0.2, 0.25) is 0 Å². The predicted octanol–water partition coefficient (Wildman–Crippen LogP) is 2.44. The molecule has 1 atom stereocenters. The molecule has 0 bridgehead atoms. The second kappa shape index (κ2) is 4.90. The SMILES string of the molecule is c1cc2ccc(CNCC3CCCO3)cc2[nH]1. The summed E-state index contributed by atoms with van der Waals surface area (Å²) in [6, 6.07) is 8.64. The molecule has 90 valence electrons. The number of nitrogens with one attached hydrogen (secondary N) is 2. The zero-order valence-corrected chi connectivity index (χ0v) is 9.91. The normalized spacial score (nSPS) is 20.1. The van der Waals surface area contributed by atoms with Crippen LogP contribution in [0.25, 0.3) is 10.9 Å². The summed E-state index contributed by atoms with van der Waals surface area (Å²) < 4.78 is 5.58. The van der Waals surface area contributed by atoms with Crippen LogP contribution >= 0.6 is 0 Å². The molecule has 2 N–H and O–H groups in total. The maximum atomic E-state index is 5.58. The van der Waals surface area contributed by atoms with Crippen molar-refractivity contribution >= 4 is 10.9 Å². The van der Waals surface area contributed by atoms with E-state index in [0.717, 1.165) is 19.7 Å². The summed E-state index contributed by atoms with van der Waals surface area (Å²) in [6.45, 7) is 2.80. The van der Waals surface area contributed by atoms with E-state index in [9.17, 15) is 0 Å². The fourth-order valence-corrected chi connectivity index (χ4v) is 2.39. The molecule has 0 spiro atoms. The molecule has 1 saturated heterocycles. The molecule has 1 fully saturated rings. The fourth-order valence-electron chi connectivity index (χ4n) is 2.39. The van der Waals surface area contributed by atoms with Gasteiger partial charge in [-0.1, -0.05) is 12.1 Å². The first-order valence-electron chi connectivity index (χ1n) is 6.30. The molecule has 1 unspecified atom stereocenters. The van der Waals surface area contributed by atoms with E-state index in [1.165, 1.54) is 29.3 Å². The molecular formula is C14H18N2O. The Morgan fingerprint density at radius 2 is 2.35 bits per heavy atom. The highest BCUT2D eigenvalue weighted by Crippen LogP contribution is 2.14. The largest absolute Gasteiger partial charge is 0.377 e. The maximum absolute atomic E-state index is 5.58. The topological polar surface area (TPSA) is 37.0 Å². The second-order valence-electron chi connectivity index (χ2n) is 4.67. The molecule has 1 aromatic heterocycles. The molecule has 2 heterocycles. The molecule has 3 rings (SSSR count).